The van der Waals surface area contributed by atoms with E-state index in [1.54, 1.807) is 12.1 Å². The molecule has 0 spiro atoms. The minimum Gasteiger partial charge on any atom is -0.508 e. The fraction of sp³-hybridized carbons (Fsp3) is 0.419. The molecule has 0 radical (unpaired) electrons. The van der Waals surface area contributed by atoms with Crippen LogP contribution in [0, 0.1) is 17.8 Å². The van der Waals surface area contributed by atoms with Crippen LogP contribution in [0.15, 0.2) is 48.0 Å². The summed E-state index contributed by atoms with van der Waals surface area (Å²) < 4.78 is 11.3. The average Bonchev–Trinajstić information content (AvgIpc) is 3.31. The van der Waals surface area contributed by atoms with Crippen molar-refractivity contribution in [3.8, 4) is 17.2 Å². The molecule has 220 valence electrons. The average molecular weight is 613 g/mol. The van der Waals surface area contributed by atoms with E-state index in [0.717, 1.165) is 16.9 Å². The van der Waals surface area contributed by atoms with E-state index in [1.807, 2.05) is 25.1 Å². The van der Waals surface area contributed by atoms with Gasteiger partial charge in [0.2, 0.25) is 11.8 Å². The number of aromatic hydroxyl groups is 1. The molecule has 11 heteroatoms. The van der Waals surface area contributed by atoms with Crippen LogP contribution >= 0.6 is 23.2 Å². The van der Waals surface area contributed by atoms with Gasteiger partial charge in [-0.2, -0.15) is 0 Å². The van der Waals surface area contributed by atoms with Gasteiger partial charge in [0.15, 0.2) is 9.75 Å². The minimum absolute atomic E-state index is 0.124. The van der Waals surface area contributed by atoms with E-state index in [9.17, 15) is 24.3 Å². The highest BCUT2D eigenvalue weighted by atomic mass is 35.5. The molecule has 2 saturated heterocycles. The van der Waals surface area contributed by atoms with Crippen LogP contribution in [-0.2, 0) is 25.6 Å². The number of phenolic OH excluding ortho intramolecular Hbond substituents is 1. The van der Waals surface area contributed by atoms with Crippen molar-refractivity contribution >= 4 is 52.5 Å². The zero-order valence-electron chi connectivity index (χ0n) is 23.5. The van der Waals surface area contributed by atoms with Crippen LogP contribution in [0.2, 0.25) is 0 Å². The standard InChI is InChI=1S/C31H30Cl2N2O7/c1-5-15-6-8-16(9-7-15)35-26(37)19-11-10-18-20(23(19)27(35)38)14-30(32)28(39)34(2)29(40)31(30,33)25(18)24-21(41-3)12-17(36)13-22(24)42-4/h6-10,12-13,19-20,23,25,36H,5,11,14H2,1-4H3. The van der Waals surface area contributed by atoms with Gasteiger partial charge in [-0.15, -0.1) is 23.2 Å². The van der Waals surface area contributed by atoms with E-state index >= 15 is 0 Å². The molecule has 1 saturated carbocycles. The Hall–Kier alpha value is -3.56. The highest BCUT2D eigenvalue weighted by Crippen LogP contribution is 2.67. The molecule has 42 heavy (non-hydrogen) atoms. The molecule has 0 bridgehead atoms. The number of likely N-dealkylation sites (tertiary alicyclic amines) is 1. The number of anilines is 1. The van der Waals surface area contributed by atoms with Crippen molar-refractivity contribution in [2.75, 3.05) is 26.2 Å². The Kier molecular flexibility index (Phi) is 6.62. The van der Waals surface area contributed by atoms with Gasteiger partial charge in [-0.05, 0) is 42.9 Å². The largest absolute Gasteiger partial charge is 0.508 e. The van der Waals surface area contributed by atoms with Crippen molar-refractivity contribution in [3.05, 3.63) is 59.2 Å². The molecule has 2 aromatic carbocycles. The molecule has 4 aliphatic rings. The summed E-state index contributed by atoms with van der Waals surface area (Å²) in [5.74, 6) is -5.17. The second-order valence-electron chi connectivity index (χ2n) is 11.3. The Morgan fingerprint density at radius 1 is 0.952 bits per heavy atom. The molecule has 4 amide bonds. The summed E-state index contributed by atoms with van der Waals surface area (Å²) in [5, 5.41) is 10.4. The van der Waals surface area contributed by atoms with Crippen LogP contribution in [-0.4, -0.2) is 64.7 Å². The number of imide groups is 2. The number of carbonyl (C=O) groups excluding carboxylic acids is 4. The number of hydrogen-bond acceptors (Lipinski definition) is 7. The van der Waals surface area contributed by atoms with Crippen molar-refractivity contribution < 1.29 is 33.8 Å². The Morgan fingerprint density at radius 2 is 1.57 bits per heavy atom. The number of halogens is 2. The third-order valence-corrected chi connectivity index (χ3v) is 10.8. The van der Waals surface area contributed by atoms with Gasteiger partial charge in [-0.1, -0.05) is 30.7 Å². The van der Waals surface area contributed by atoms with Gasteiger partial charge in [0.25, 0.3) is 11.8 Å². The predicted octanol–water partition coefficient (Wildman–Crippen LogP) is 4.17. The third-order valence-electron chi connectivity index (χ3n) is 9.43. The SMILES string of the molecule is CCc1ccc(N2C(=O)C3CC=C4C(CC5(Cl)C(=O)N(C)C(=O)C5(Cl)C4c4c(OC)cc(O)cc4OC)C3C2=O)cc1. The number of hydrogen-bond donors (Lipinski definition) is 1. The third kappa shape index (κ3) is 3.56. The molecule has 3 fully saturated rings. The molecule has 6 atom stereocenters. The van der Waals surface area contributed by atoms with Crippen LogP contribution in [0.5, 0.6) is 17.2 Å². The van der Waals surface area contributed by atoms with Gasteiger partial charge < -0.3 is 14.6 Å². The van der Waals surface area contributed by atoms with Crippen LogP contribution in [0.3, 0.4) is 0 Å². The lowest BCUT2D eigenvalue weighted by Crippen LogP contribution is -2.60. The fourth-order valence-corrected chi connectivity index (χ4v) is 8.41. The molecule has 6 rings (SSSR count). The summed E-state index contributed by atoms with van der Waals surface area (Å²) in [4.78, 5) is 53.6. The summed E-state index contributed by atoms with van der Waals surface area (Å²) in [5.41, 5.74) is 2.46. The summed E-state index contributed by atoms with van der Waals surface area (Å²) in [6, 6.07) is 10.0. The van der Waals surface area contributed by atoms with Crippen molar-refractivity contribution in [3.63, 3.8) is 0 Å². The Bertz CT molecular complexity index is 1550. The highest BCUT2D eigenvalue weighted by molar-refractivity contribution is 6.53. The number of ether oxygens (including phenoxy) is 2. The fourth-order valence-electron chi connectivity index (χ4n) is 7.41. The predicted molar refractivity (Wildman–Crippen MR) is 155 cm³/mol. The minimum atomic E-state index is -2.01. The number of amides is 4. The van der Waals surface area contributed by atoms with E-state index in [4.69, 9.17) is 32.7 Å². The summed E-state index contributed by atoms with van der Waals surface area (Å²) in [6.07, 6.45) is 2.76. The lowest BCUT2D eigenvalue weighted by atomic mass is 9.56. The number of phenols is 1. The van der Waals surface area contributed by atoms with Gasteiger partial charge >= 0.3 is 0 Å². The Morgan fingerprint density at radius 3 is 2.14 bits per heavy atom. The second-order valence-corrected chi connectivity index (χ2v) is 12.5. The van der Waals surface area contributed by atoms with Gasteiger partial charge in [-0.25, -0.2) is 0 Å². The number of benzene rings is 2. The van der Waals surface area contributed by atoms with Gasteiger partial charge in [0, 0.05) is 30.7 Å². The number of fused-ring (bicyclic) bond motifs is 4. The Balaban J connectivity index is 1.55. The number of nitrogens with zero attached hydrogens (tertiary/aromatic N) is 2. The van der Waals surface area contributed by atoms with Gasteiger partial charge in [0.05, 0.1) is 31.7 Å². The molecule has 2 aliphatic carbocycles. The normalized spacial score (nSPS) is 32.0. The smallest absolute Gasteiger partial charge is 0.253 e. The highest BCUT2D eigenvalue weighted by Gasteiger charge is 2.76. The number of aryl methyl sites for hydroxylation is 1. The zero-order chi connectivity index (χ0) is 30.3. The van der Waals surface area contributed by atoms with E-state index in [1.165, 1.54) is 38.3 Å². The maximum Gasteiger partial charge on any atom is 0.253 e. The lowest BCUT2D eigenvalue weighted by Gasteiger charge is -2.51. The molecular formula is C31H30Cl2N2O7. The maximum atomic E-state index is 14.1. The van der Waals surface area contributed by atoms with Crippen molar-refractivity contribution in [1.82, 2.24) is 4.90 Å². The van der Waals surface area contributed by atoms with Crippen LogP contribution in [0.25, 0.3) is 0 Å². The van der Waals surface area contributed by atoms with E-state index < -0.39 is 45.2 Å². The van der Waals surface area contributed by atoms with Crippen LogP contribution in [0.1, 0.15) is 36.8 Å². The number of methoxy groups -OCH3 is 2. The first-order chi connectivity index (χ1) is 19.9. The molecule has 0 aromatic heterocycles. The van der Waals surface area contributed by atoms with Gasteiger partial charge in [0.1, 0.15) is 17.2 Å². The molecule has 1 N–H and O–H groups in total. The van der Waals surface area contributed by atoms with Gasteiger partial charge in [-0.3, -0.25) is 29.0 Å². The topological polar surface area (TPSA) is 113 Å². The maximum absolute atomic E-state index is 14.1. The van der Waals surface area contributed by atoms with E-state index in [-0.39, 0.29) is 41.9 Å². The summed E-state index contributed by atoms with van der Waals surface area (Å²) >= 11 is 14.5. The van der Waals surface area contributed by atoms with E-state index in [0.29, 0.717) is 16.8 Å². The summed E-state index contributed by atoms with van der Waals surface area (Å²) in [7, 11) is 4.12. The molecule has 2 heterocycles. The first kappa shape index (κ1) is 28.6. The molecule has 2 aliphatic heterocycles. The first-order valence-electron chi connectivity index (χ1n) is 13.8. The lowest BCUT2D eigenvalue weighted by molar-refractivity contribution is -0.138. The first-order valence-corrected chi connectivity index (χ1v) is 14.5. The monoisotopic (exact) mass is 612 g/mol. The van der Waals surface area contributed by atoms with Crippen molar-refractivity contribution in [1.29, 1.82) is 0 Å². The number of allylic oxidation sites excluding steroid dienone is 2. The van der Waals surface area contributed by atoms with Crippen molar-refractivity contribution in [2.24, 2.45) is 17.8 Å². The zero-order valence-corrected chi connectivity index (χ0v) is 25.0. The molecular weight excluding hydrogens is 583 g/mol. The number of alkyl halides is 2. The van der Waals surface area contributed by atoms with Crippen LogP contribution in [0.4, 0.5) is 5.69 Å². The number of rotatable bonds is 5. The quantitative estimate of drug-likeness (QED) is 0.306. The molecule has 2 aromatic rings. The summed E-state index contributed by atoms with van der Waals surface area (Å²) in [6.45, 7) is 2.02. The second kappa shape index (κ2) is 9.74. The van der Waals surface area contributed by atoms with E-state index in [2.05, 4.69) is 0 Å². The molecule has 6 unspecified atom stereocenters. The molecule has 9 nitrogen and oxygen atoms in total. The van der Waals surface area contributed by atoms with Crippen molar-refractivity contribution in [2.45, 2.75) is 41.9 Å². The number of carbonyl (C=O) groups is 4. The van der Waals surface area contributed by atoms with Crippen LogP contribution < -0.4 is 14.4 Å². The Labute approximate surface area is 253 Å².